The minimum Gasteiger partial charge on any atom is -0.396 e. The van der Waals surface area contributed by atoms with E-state index in [0.717, 1.165) is 24.9 Å². The van der Waals surface area contributed by atoms with Gasteiger partial charge in [0.05, 0.1) is 10.2 Å². The number of unbranched alkanes of at least 4 members (excludes halogenated alkanes) is 1. The topological polar surface area (TPSA) is 45.1 Å². The molecule has 0 aliphatic carbocycles. The Morgan fingerprint density at radius 3 is 3.18 bits per heavy atom. The van der Waals surface area contributed by atoms with Crippen LogP contribution in [0.2, 0.25) is 0 Å². The first-order chi connectivity index (χ1) is 8.31. The smallest absolute Gasteiger partial charge is 0.0809 e. The average Bonchev–Trinajstić information content (AvgIpc) is 2.81. The summed E-state index contributed by atoms with van der Waals surface area (Å²) in [6, 6.07) is 4.56. The number of aliphatic hydroxyl groups is 1. The van der Waals surface area contributed by atoms with E-state index in [4.69, 9.17) is 5.11 Å². The average molecular weight is 250 g/mol. The zero-order valence-electron chi connectivity index (χ0n) is 10.0. The summed E-state index contributed by atoms with van der Waals surface area (Å²) in [5, 5.41) is 14.2. The molecule has 2 aromatic heterocycles. The van der Waals surface area contributed by atoms with Gasteiger partial charge in [-0.05, 0) is 49.4 Å². The summed E-state index contributed by atoms with van der Waals surface area (Å²) in [7, 11) is 0. The van der Waals surface area contributed by atoms with Gasteiger partial charge in [-0.25, -0.2) is 0 Å². The van der Waals surface area contributed by atoms with E-state index in [2.05, 4.69) is 28.7 Å². The molecule has 1 unspecified atom stereocenters. The Bertz CT molecular complexity index is 469. The fourth-order valence-electron chi connectivity index (χ4n) is 1.77. The number of nitrogens with one attached hydrogen (secondary N) is 1. The lowest BCUT2D eigenvalue weighted by Gasteiger charge is -2.13. The first-order valence-electron chi connectivity index (χ1n) is 5.98. The van der Waals surface area contributed by atoms with Crippen LogP contribution < -0.4 is 5.32 Å². The third kappa shape index (κ3) is 3.25. The van der Waals surface area contributed by atoms with Gasteiger partial charge in [0, 0.05) is 18.8 Å². The van der Waals surface area contributed by atoms with Gasteiger partial charge in [0.25, 0.3) is 0 Å². The number of rotatable bonds is 6. The van der Waals surface area contributed by atoms with Crippen molar-refractivity contribution >= 4 is 21.6 Å². The second-order valence-corrected chi connectivity index (χ2v) is 5.13. The molecule has 3 nitrogen and oxygen atoms in total. The molecule has 0 spiro atoms. The van der Waals surface area contributed by atoms with E-state index in [1.54, 1.807) is 11.3 Å². The van der Waals surface area contributed by atoms with Crippen molar-refractivity contribution in [2.75, 3.05) is 13.2 Å². The molecule has 0 amide bonds. The summed E-state index contributed by atoms with van der Waals surface area (Å²) in [5.41, 5.74) is 2.30. The lowest BCUT2D eigenvalue weighted by atomic mass is 10.1. The molecular weight excluding hydrogens is 232 g/mol. The van der Waals surface area contributed by atoms with Crippen molar-refractivity contribution in [3.63, 3.8) is 0 Å². The van der Waals surface area contributed by atoms with Crippen LogP contribution in [-0.2, 0) is 0 Å². The number of hydrogen-bond donors (Lipinski definition) is 2. The first kappa shape index (κ1) is 12.5. The van der Waals surface area contributed by atoms with Crippen molar-refractivity contribution in [3.8, 4) is 0 Å². The number of aromatic nitrogens is 1. The molecule has 0 saturated heterocycles. The van der Waals surface area contributed by atoms with Gasteiger partial charge < -0.3 is 10.4 Å². The Labute approximate surface area is 106 Å². The number of pyridine rings is 1. The van der Waals surface area contributed by atoms with E-state index in [0.29, 0.717) is 6.04 Å². The predicted molar refractivity (Wildman–Crippen MR) is 72.4 cm³/mol. The Hall–Kier alpha value is -0.970. The number of aliphatic hydroxyl groups excluding tert-OH is 1. The summed E-state index contributed by atoms with van der Waals surface area (Å²) in [6.45, 7) is 3.36. The van der Waals surface area contributed by atoms with Crippen LogP contribution in [-0.4, -0.2) is 23.2 Å². The molecule has 2 aromatic rings. The Balaban J connectivity index is 1.95. The lowest BCUT2D eigenvalue weighted by Crippen LogP contribution is -2.20. The van der Waals surface area contributed by atoms with E-state index in [9.17, 15) is 0 Å². The van der Waals surface area contributed by atoms with Gasteiger partial charge in [0.1, 0.15) is 0 Å². The molecule has 0 aliphatic heterocycles. The van der Waals surface area contributed by atoms with E-state index in [-0.39, 0.29) is 6.61 Å². The van der Waals surface area contributed by atoms with Crippen LogP contribution in [0, 0.1) is 0 Å². The maximum Gasteiger partial charge on any atom is 0.0809 e. The van der Waals surface area contributed by atoms with Crippen LogP contribution in [0.5, 0.6) is 0 Å². The third-order valence-electron chi connectivity index (χ3n) is 2.86. The third-order valence-corrected chi connectivity index (χ3v) is 3.71. The van der Waals surface area contributed by atoms with Gasteiger partial charge >= 0.3 is 0 Å². The van der Waals surface area contributed by atoms with Crippen LogP contribution in [0.15, 0.2) is 23.7 Å². The number of nitrogens with zero attached hydrogens (tertiary/aromatic N) is 1. The minimum absolute atomic E-state index is 0.277. The highest BCUT2D eigenvalue weighted by Gasteiger charge is 2.06. The number of fused-ring (bicyclic) bond motifs is 1. The van der Waals surface area contributed by atoms with E-state index >= 15 is 0 Å². The fraction of sp³-hybridized carbons (Fsp3) is 0.462. The molecule has 4 heteroatoms. The maximum atomic E-state index is 8.71. The van der Waals surface area contributed by atoms with Crippen LogP contribution in [0.3, 0.4) is 0 Å². The van der Waals surface area contributed by atoms with Gasteiger partial charge in [0.2, 0.25) is 0 Å². The molecule has 0 bridgehead atoms. The Kier molecular flexibility index (Phi) is 4.48. The van der Waals surface area contributed by atoms with Crippen molar-refractivity contribution in [2.45, 2.75) is 25.8 Å². The summed E-state index contributed by atoms with van der Waals surface area (Å²) in [5.74, 6) is 0. The van der Waals surface area contributed by atoms with Crippen molar-refractivity contribution in [2.24, 2.45) is 0 Å². The summed E-state index contributed by atoms with van der Waals surface area (Å²) in [4.78, 5) is 4.44. The fourth-order valence-corrected chi connectivity index (χ4v) is 2.56. The molecule has 17 heavy (non-hydrogen) atoms. The molecule has 0 fully saturated rings. The largest absolute Gasteiger partial charge is 0.396 e. The molecular formula is C13H18N2OS. The van der Waals surface area contributed by atoms with E-state index in [1.807, 2.05) is 12.3 Å². The van der Waals surface area contributed by atoms with Gasteiger partial charge in [-0.3, -0.25) is 4.98 Å². The van der Waals surface area contributed by atoms with Crippen molar-refractivity contribution in [1.82, 2.24) is 10.3 Å². The summed E-state index contributed by atoms with van der Waals surface area (Å²) >= 11 is 1.73. The highest BCUT2D eigenvalue weighted by Crippen LogP contribution is 2.22. The van der Waals surface area contributed by atoms with Gasteiger partial charge in [-0.2, -0.15) is 0 Å². The molecule has 0 aromatic carbocycles. The molecule has 0 radical (unpaired) electrons. The van der Waals surface area contributed by atoms with Crippen LogP contribution in [0.1, 0.15) is 31.4 Å². The monoisotopic (exact) mass is 250 g/mol. The maximum absolute atomic E-state index is 8.71. The SMILES string of the molecule is CC(NCCCCO)c1cnc2ccsc2c1. The summed E-state index contributed by atoms with van der Waals surface area (Å²) in [6.07, 6.45) is 3.82. The van der Waals surface area contributed by atoms with Gasteiger partial charge in [-0.15, -0.1) is 11.3 Å². The summed E-state index contributed by atoms with van der Waals surface area (Å²) < 4.78 is 1.24. The second kappa shape index (κ2) is 6.10. The van der Waals surface area contributed by atoms with Gasteiger partial charge in [0.15, 0.2) is 0 Å². The van der Waals surface area contributed by atoms with Gasteiger partial charge in [-0.1, -0.05) is 0 Å². The normalized spacial score (nSPS) is 13.1. The standard InChI is InChI=1S/C13H18N2OS/c1-10(14-5-2-3-6-16)11-8-13-12(15-9-11)4-7-17-13/h4,7-10,14,16H,2-3,5-6H2,1H3. The second-order valence-electron chi connectivity index (χ2n) is 4.18. The molecule has 2 heterocycles. The van der Waals surface area contributed by atoms with Crippen molar-refractivity contribution in [1.29, 1.82) is 0 Å². The van der Waals surface area contributed by atoms with Crippen LogP contribution in [0.25, 0.3) is 10.2 Å². The number of hydrogen-bond acceptors (Lipinski definition) is 4. The molecule has 0 aliphatic rings. The quantitative estimate of drug-likeness (QED) is 0.775. The van der Waals surface area contributed by atoms with Crippen LogP contribution in [0.4, 0.5) is 0 Å². The lowest BCUT2D eigenvalue weighted by molar-refractivity contribution is 0.283. The molecule has 2 N–H and O–H groups in total. The van der Waals surface area contributed by atoms with E-state index in [1.165, 1.54) is 10.3 Å². The van der Waals surface area contributed by atoms with Crippen molar-refractivity contribution < 1.29 is 5.11 Å². The molecule has 0 saturated carbocycles. The highest BCUT2D eigenvalue weighted by atomic mass is 32.1. The molecule has 2 rings (SSSR count). The first-order valence-corrected chi connectivity index (χ1v) is 6.86. The zero-order valence-corrected chi connectivity index (χ0v) is 10.8. The Morgan fingerprint density at radius 2 is 2.35 bits per heavy atom. The molecule has 92 valence electrons. The van der Waals surface area contributed by atoms with E-state index < -0.39 is 0 Å². The van der Waals surface area contributed by atoms with Crippen LogP contribution >= 0.6 is 11.3 Å². The molecule has 1 atom stereocenters. The highest BCUT2D eigenvalue weighted by molar-refractivity contribution is 7.17. The minimum atomic E-state index is 0.277. The predicted octanol–water partition coefficient (Wildman–Crippen LogP) is 2.72. The Morgan fingerprint density at radius 1 is 1.47 bits per heavy atom. The number of thiophene rings is 1. The van der Waals surface area contributed by atoms with Crippen molar-refractivity contribution in [3.05, 3.63) is 29.3 Å². The zero-order chi connectivity index (χ0) is 12.1.